The summed E-state index contributed by atoms with van der Waals surface area (Å²) in [5, 5.41) is 0.302. The van der Waals surface area contributed by atoms with E-state index in [2.05, 4.69) is 0 Å². The summed E-state index contributed by atoms with van der Waals surface area (Å²) in [5.41, 5.74) is 0.638. The quantitative estimate of drug-likeness (QED) is 0.811. The van der Waals surface area contributed by atoms with E-state index in [-0.39, 0.29) is 17.1 Å². The Kier molecular flexibility index (Phi) is 3.71. The number of aromatic nitrogens is 1. The lowest BCUT2D eigenvalue weighted by Crippen LogP contribution is -2.15. The van der Waals surface area contributed by atoms with Crippen molar-refractivity contribution in [1.29, 1.82) is 0 Å². The van der Waals surface area contributed by atoms with E-state index in [1.807, 2.05) is 6.92 Å². The van der Waals surface area contributed by atoms with E-state index in [4.69, 9.17) is 15.4 Å². The van der Waals surface area contributed by atoms with Gasteiger partial charge in [-0.3, -0.25) is 0 Å². The number of hydrogen-bond donors (Lipinski definition) is 0. The summed E-state index contributed by atoms with van der Waals surface area (Å²) >= 11 is 0. The van der Waals surface area contributed by atoms with E-state index in [0.29, 0.717) is 17.4 Å². The first-order valence-electron chi connectivity index (χ1n) is 6.73. The minimum Gasteiger partial charge on any atom is -0.373 e. The molecule has 2 atom stereocenters. The molecule has 1 aromatic carbocycles. The minimum absolute atomic E-state index is 0.0338. The summed E-state index contributed by atoms with van der Waals surface area (Å²) in [6, 6.07) is 4.06. The second kappa shape index (κ2) is 5.26. The Morgan fingerprint density at radius 2 is 2.19 bits per heavy atom. The number of ether oxygens (including phenoxy) is 1. The third-order valence-corrected chi connectivity index (χ3v) is 5.14. The Labute approximate surface area is 126 Å². The first-order valence-corrected chi connectivity index (χ1v) is 9.04. The summed E-state index contributed by atoms with van der Waals surface area (Å²) in [5.74, 6) is -0.493. The van der Waals surface area contributed by atoms with Crippen molar-refractivity contribution in [2.24, 2.45) is 0 Å². The standard InChI is InChI=1S/C14H15ClFNO3S/c1-9-2-4-11(20-9)7-17-8-14(21(15,18)19)12-6-10(16)3-5-13(12)17/h3,5-6,8-9,11H,2,4,7H2,1H3. The third kappa shape index (κ3) is 2.93. The number of hydrogen-bond acceptors (Lipinski definition) is 3. The van der Waals surface area contributed by atoms with Gasteiger partial charge in [-0.1, -0.05) is 0 Å². The van der Waals surface area contributed by atoms with Gasteiger partial charge in [-0.2, -0.15) is 0 Å². The van der Waals surface area contributed by atoms with Gasteiger partial charge in [-0.05, 0) is 38.0 Å². The molecular weight excluding hydrogens is 317 g/mol. The summed E-state index contributed by atoms with van der Waals surface area (Å²) < 4.78 is 44.2. The van der Waals surface area contributed by atoms with Crippen LogP contribution in [0.5, 0.6) is 0 Å². The van der Waals surface area contributed by atoms with Gasteiger partial charge in [0.15, 0.2) is 0 Å². The van der Waals surface area contributed by atoms with Crippen molar-refractivity contribution >= 4 is 30.6 Å². The van der Waals surface area contributed by atoms with E-state index >= 15 is 0 Å². The maximum Gasteiger partial charge on any atom is 0.263 e. The Morgan fingerprint density at radius 1 is 1.43 bits per heavy atom. The van der Waals surface area contributed by atoms with Crippen molar-refractivity contribution < 1.29 is 17.5 Å². The number of halogens is 2. The SMILES string of the molecule is CC1CCC(Cn2cc(S(=O)(=O)Cl)c3cc(F)ccc32)O1. The molecule has 0 spiro atoms. The summed E-state index contributed by atoms with van der Waals surface area (Å²) in [6.07, 6.45) is 3.61. The topological polar surface area (TPSA) is 48.3 Å². The van der Waals surface area contributed by atoms with Crippen molar-refractivity contribution in [2.75, 3.05) is 0 Å². The Balaban J connectivity index is 2.07. The van der Waals surface area contributed by atoms with Crippen LogP contribution in [0.25, 0.3) is 10.9 Å². The zero-order valence-electron chi connectivity index (χ0n) is 11.4. The van der Waals surface area contributed by atoms with Gasteiger partial charge in [0, 0.05) is 34.3 Å². The Morgan fingerprint density at radius 3 is 2.81 bits per heavy atom. The minimum atomic E-state index is -3.93. The molecule has 1 aliphatic heterocycles. The highest BCUT2D eigenvalue weighted by atomic mass is 35.7. The number of nitrogens with zero attached hydrogens (tertiary/aromatic N) is 1. The molecule has 0 radical (unpaired) electrons. The van der Waals surface area contributed by atoms with Crippen LogP contribution in [-0.4, -0.2) is 25.2 Å². The molecule has 0 N–H and O–H groups in total. The van der Waals surface area contributed by atoms with Crippen LogP contribution >= 0.6 is 10.7 Å². The molecule has 2 aromatic rings. The van der Waals surface area contributed by atoms with E-state index in [1.54, 1.807) is 10.6 Å². The van der Waals surface area contributed by atoms with Crippen molar-refractivity contribution in [3.8, 4) is 0 Å². The molecule has 114 valence electrons. The lowest BCUT2D eigenvalue weighted by Gasteiger charge is -2.13. The zero-order chi connectivity index (χ0) is 15.2. The van der Waals surface area contributed by atoms with Crippen LogP contribution in [0.15, 0.2) is 29.3 Å². The number of rotatable bonds is 3. The normalized spacial score (nSPS) is 23.0. The lowest BCUT2D eigenvalue weighted by molar-refractivity contribution is 0.0464. The molecule has 0 amide bonds. The molecule has 1 fully saturated rings. The van der Waals surface area contributed by atoms with Crippen LogP contribution in [0.2, 0.25) is 0 Å². The average molecular weight is 332 g/mol. The molecule has 3 rings (SSSR count). The van der Waals surface area contributed by atoms with Gasteiger partial charge in [0.25, 0.3) is 9.05 Å². The third-order valence-electron chi connectivity index (χ3n) is 3.79. The van der Waals surface area contributed by atoms with E-state index in [0.717, 1.165) is 12.8 Å². The second-order valence-electron chi connectivity index (χ2n) is 5.39. The van der Waals surface area contributed by atoms with Crippen molar-refractivity contribution in [3.63, 3.8) is 0 Å². The highest BCUT2D eigenvalue weighted by Gasteiger charge is 2.25. The van der Waals surface area contributed by atoms with Crippen molar-refractivity contribution in [3.05, 3.63) is 30.2 Å². The van der Waals surface area contributed by atoms with Crippen LogP contribution in [0, 0.1) is 5.82 Å². The van der Waals surface area contributed by atoms with Gasteiger partial charge in [0.2, 0.25) is 0 Å². The maximum atomic E-state index is 13.4. The van der Waals surface area contributed by atoms with Crippen LogP contribution in [0.3, 0.4) is 0 Å². The fraction of sp³-hybridized carbons (Fsp3) is 0.429. The van der Waals surface area contributed by atoms with Crippen LogP contribution < -0.4 is 0 Å². The van der Waals surface area contributed by atoms with Crippen molar-refractivity contribution in [2.45, 2.75) is 43.4 Å². The molecule has 2 unspecified atom stereocenters. The fourth-order valence-corrected chi connectivity index (χ4v) is 3.87. The Bertz CT molecular complexity index is 787. The monoisotopic (exact) mass is 331 g/mol. The average Bonchev–Trinajstić information content (AvgIpc) is 2.93. The van der Waals surface area contributed by atoms with E-state index in [9.17, 15) is 12.8 Å². The number of fused-ring (bicyclic) bond motifs is 1. The van der Waals surface area contributed by atoms with Gasteiger partial charge in [0.1, 0.15) is 10.7 Å². The molecule has 0 saturated carbocycles. The lowest BCUT2D eigenvalue weighted by atomic mass is 10.2. The molecule has 7 heteroatoms. The van der Waals surface area contributed by atoms with E-state index in [1.165, 1.54) is 18.3 Å². The molecule has 2 heterocycles. The van der Waals surface area contributed by atoms with Gasteiger partial charge in [-0.25, -0.2) is 12.8 Å². The summed E-state index contributed by atoms with van der Waals surface area (Å²) in [6.45, 7) is 2.54. The van der Waals surface area contributed by atoms with Crippen LogP contribution in [0.4, 0.5) is 4.39 Å². The highest BCUT2D eigenvalue weighted by molar-refractivity contribution is 8.14. The Hall–Kier alpha value is -1.11. The van der Waals surface area contributed by atoms with Crippen LogP contribution in [0.1, 0.15) is 19.8 Å². The summed E-state index contributed by atoms with van der Waals surface area (Å²) in [4.78, 5) is -0.0651. The maximum absolute atomic E-state index is 13.4. The largest absolute Gasteiger partial charge is 0.373 e. The smallest absolute Gasteiger partial charge is 0.263 e. The van der Waals surface area contributed by atoms with Gasteiger partial charge < -0.3 is 9.30 Å². The zero-order valence-corrected chi connectivity index (χ0v) is 13.0. The number of benzene rings is 1. The van der Waals surface area contributed by atoms with Crippen LogP contribution in [-0.2, 0) is 20.3 Å². The predicted molar refractivity (Wildman–Crippen MR) is 78.5 cm³/mol. The van der Waals surface area contributed by atoms with Gasteiger partial charge in [-0.15, -0.1) is 0 Å². The highest BCUT2D eigenvalue weighted by Crippen LogP contribution is 2.30. The first-order chi connectivity index (χ1) is 9.84. The molecule has 4 nitrogen and oxygen atoms in total. The fourth-order valence-electron chi connectivity index (χ4n) is 2.82. The molecule has 0 bridgehead atoms. The van der Waals surface area contributed by atoms with Gasteiger partial charge in [0.05, 0.1) is 12.2 Å². The molecule has 1 aromatic heterocycles. The van der Waals surface area contributed by atoms with Gasteiger partial charge >= 0.3 is 0 Å². The predicted octanol–water partition coefficient (Wildman–Crippen LogP) is 3.28. The summed E-state index contributed by atoms with van der Waals surface area (Å²) in [7, 11) is 1.52. The van der Waals surface area contributed by atoms with E-state index < -0.39 is 14.9 Å². The second-order valence-corrected chi connectivity index (χ2v) is 7.93. The molecule has 21 heavy (non-hydrogen) atoms. The molecule has 0 aliphatic carbocycles. The molecule has 1 saturated heterocycles. The first kappa shape index (κ1) is 14.8. The molecular formula is C14H15ClFNO3S. The molecule has 1 aliphatic rings. The van der Waals surface area contributed by atoms with Crippen molar-refractivity contribution in [1.82, 2.24) is 4.57 Å².